The minimum Gasteiger partial charge on any atom is -0.398 e. The van der Waals surface area contributed by atoms with Crippen LogP contribution in [0.1, 0.15) is 13.8 Å². The predicted molar refractivity (Wildman–Crippen MR) is 69.4 cm³/mol. The highest BCUT2D eigenvalue weighted by molar-refractivity contribution is 9.10. The number of hydrogen-bond donors (Lipinski definition) is 3. The van der Waals surface area contributed by atoms with Crippen LogP contribution in [-0.4, -0.2) is 14.5 Å². The Morgan fingerprint density at radius 2 is 2.00 bits per heavy atom. The van der Waals surface area contributed by atoms with Crippen LogP contribution < -0.4 is 15.2 Å². The predicted octanol–water partition coefficient (Wildman–Crippen LogP) is 1.69. The molecule has 0 fully saturated rings. The van der Waals surface area contributed by atoms with Gasteiger partial charge in [0.15, 0.2) is 0 Å². The molecular weight excluding hydrogens is 294 g/mol. The van der Waals surface area contributed by atoms with Crippen LogP contribution in [0, 0.1) is 0 Å². The molecule has 7 heteroatoms. The van der Waals surface area contributed by atoms with E-state index in [1.54, 1.807) is 32.0 Å². The molecule has 16 heavy (non-hydrogen) atoms. The lowest BCUT2D eigenvalue weighted by atomic mass is 10.3. The van der Waals surface area contributed by atoms with Crippen LogP contribution in [0.15, 0.2) is 22.7 Å². The summed E-state index contributed by atoms with van der Waals surface area (Å²) in [6.07, 6.45) is 0. The van der Waals surface area contributed by atoms with Gasteiger partial charge < -0.3 is 5.73 Å². The number of nitrogens with two attached hydrogens (primary N) is 1. The molecule has 90 valence electrons. The summed E-state index contributed by atoms with van der Waals surface area (Å²) in [4.78, 5) is 0. The highest BCUT2D eigenvalue weighted by atomic mass is 79.9. The Morgan fingerprint density at radius 3 is 2.50 bits per heavy atom. The van der Waals surface area contributed by atoms with Gasteiger partial charge in [0.05, 0.1) is 5.69 Å². The Bertz CT molecular complexity index is 474. The second-order valence-electron chi connectivity index (χ2n) is 3.61. The summed E-state index contributed by atoms with van der Waals surface area (Å²) in [7, 11) is -3.53. The number of benzene rings is 1. The van der Waals surface area contributed by atoms with Gasteiger partial charge in [-0.1, -0.05) is 0 Å². The Balaban J connectivity index is 2.84. The maximum absolute atomic E-state index is 11.5. The summed E-state index contributed by atoms with van der Waals surface area (Å²) in [6.45, 7) is 3.50. The molecule has 0 radical (unpaired) electrons. The number of nitrogen functional groups attached to an aromatic ring is 1. The average molecular weight is 308 g/mol. The van der Waals surface area contributed by atoms with Gasteiger partial charge in [-0.2, -0.15) is 13.1 Å². The molecule has 0 atom stereocenters. The molecule has 0 aliphatic heterocycles. The van der Waals surface area contributed by atoms with E-state index in [2.05, 4.69) is 25.4 Å². The van der Waals surface area contributed by atoms with E-state index in [-0.39, 0.29) is 6.04 Å². The van der Waals surface area contributed by atoms with Crippen LogP contribution >= 0.6 is 15.9 Å². The second-order valence-corrected chi connectivity index (χ2v) is 5.92. The summed E-state index contributed by atoms with van der Waals surface area (Å²) < 4.78 is 28.5. The number of hydrogen-bond acceptors (Lipinski definition) is 3. The van der Waals surface area contributed by atoms with Crippen molar-refractivity contribution in [1.82, 2.24) is 4.72 Å². The van der Waals surface area contributed by atoms with E-state index in [1.807, 2.05) is 0 Å². The van der Waals surface area contributed by atoms with E-state index in [4.69, 9.17) is 5.73 Å². The summed E-state index contributed by atoms with van der Waals surface area (Å²) >= 11 is 3.22. The standard InChI is InChI=1S/C9H14BrN3O2S/c1-6(2)12-16(14,15)13-7-3-4-9(11)8(10)5-7/h3-6,12-13H,11H2,1-2H3. The minimum atomic E-state index is -3.53. The normalized spacial score (nSPS) is 11.8. The molecule has 1 aromatic rings. The molecule has 0 saturated carbocycles. The summed E-state index contributed by atoms with van der Waals surface area (Å²) in [5.41, 5.74) is 6.60. The topological polar surface area (TPSA) is 84.2 Å². The van der Waals surface area contributed by atoms with Crippen LogP contribution in [-0.2, 0) is 10.2 Å². The Kier molecular flexibility index (Phi) is 4.17. The first-order valence-corrected chi connectivity index (χ1v) is 6.93. The SMILES string of the molecule is CC(C)NS(=O)(=O)Nc1ccc(N)c(Br)c1. The molecule has 0 spiro atoms. The third-order valence-electron chi connectivity index (χ3n) is 1.64. The molecule has 1 rings (SSSR count). The fourth-order valence-electron chi connectivity index (χ4n) is 1.09. The van der Waals surface area contributed by atoms with Crippen molar-refractivity contribution in [3.63, 3.8) is 0 Å². The van der Waals surface area contributed by atoms with Crippen molar-refractivity contribution in [2.75, 3.05) is 10.5 Å². The first kappa shape index (κ1) is 13.3. The molecule has 5 nitrogen and oxygen atoms in total. The van der Waals surface area contributed by atoms with Gasteiger partial charge in [-0.05, 0) is 48.0 Å². The largest absolute Gasteiger partial charge is 0.398 e. The highest BCUT2D eigenvalue weighted by Gasteiger charge is 2.11. The average Bonchev–Trinajstić information content (AvgIpc) is 2.08. The first-order valence-electron chi connectivity index (χ1n) is 4.65. The minimum absolute atomic E-state index is 0.158. The lowest BCUT2D eigenvalue weighted by molar-refractivity contribution is 0.575. The fraction of sp³-hybridized carbons (Fsp3) is 0.333. The maximum Gasteiger partial charge on any atom is 0.299 e. The van der Waals surface area contributed by atoms with Crippen molar-refractivity contribution in [3.05, 3.63) is 22.7 Å². The molecule has 0 amide bonds. The Morgan fingerprint density at radius 1 is 1.38 bits per heavy atom. The molecule has 4 N–H and O–H groups in total. The third-order valence-corrected chi connectivity index (χ3v) is 3.62. The number of halogens is 1. The van der Waals surface area contributed by atoms with Crippen LogP contribution in [0.3, 0.4) is 0 Å². The molecule has 1 aromatic carbocycles. The van der Waals surface area contributed by atoms with E-state index in [1.165, 1.54) is 0 Å². The highest BCUT2D eigenvalue weighted by Crippen LogP contribution is 2.23. The lowest BCUT2D eigenvalue weighted by Gasteiger charge is -2.12. The fourth-order valence-corrected chi connectivity index (χ4v) is 2.58. The van der Waals surface area contributed by atoms with Crippen molar-refractivity contribution < 1.29 is 8.42 Å². The van der Waals surface area contributed by atoms with Crippen molar-refractivity contribution in [2.45, 2.75) is 19.9 Å². The molecule has 0 heterocycles. The van der Waals surface area contributed by atoms with E-state index < -0.39 is 10.2 Å². The molecule has 0 saturated heterocycles. The van der Waals surface area contributed by atoms with Gasteiger partial charge in [0.2, 0.25) is 0 Å². The lowest BCUT2D eigenvalue weighted by Crippen LogP contribution is -2.35. The Hall–Kier alpha value is -0.790. The van der Waals surface area contributed by atoms with Crippen molar-refractivity contribution in [3.8, 4) is 0 Å². The number of rotatable bonds is 4. The van der Waals surface area contributed by atoms with E-state index >= 15 is 0 Å². The van der Waals surface area contributed by atoms with Gasteiger partial charge in [0.25, 0.3) is 10.2 Å². The van der Waals surface area contributed by atoms with Gasteiger partial charge in [-0.3, -0.25) is 4.72 Å². The van der Waals surface area contributed by atoms with Crippen LogP contribution in [0.5, 0.6) is 0 Å². The molecule has 0 aliphatic rings. The maximum atomic E-state index is 11.5. The quantitative estimate of drug-likeness (QED) is 0.740. The van der Waals surface area contributed by atoms with Crippen molar-refractivity contribution >= 4 is 37.5 Å². The molecule has 0 aliphatic carbocycles. The van der Waals surface area contributed by atoms with Gasteiger partial charge in [-0.25, -0.2) is 0 Å². The van der Waals surface area contributed by atoms with Gasteiger partial charge in [0, 0.05) is 16.2 Å². The Labute approximate surface area is 104 Å². The second kappa shape index (κ2) is 5.03. The molecule has 0 aromatic heterocycles. The third kappa shape index (κ3) is 3.99. The number of nitrogens with one attached hydrogen (secondary N) is 2. The van der Waals surface area contributed by atoms with Crippen LogP contribution in [0.25, 0.3) is 0 Å². The molecule has 0 bridgehead atoms. The summed E-state index contributed by atoms with van der Waals surface area (Å²) in [6, 6.07) is 4.67. The smallest absolute Gasteiger partial charge is 0.299 e. The van der Waals surface area contributed by atoms with Gasteiger partial charge >= 0.3 is 0 Å². The zero-order valence-corrected chi connectivity index (χ0v) is 11.4. The molecule has 0 unspecified atom stereocenters. The zero-order chi connectivity index (χ0) is 12.3. The van der Waals surface area contributed by atoms with Crippen LogP contribution in [0.4, 0.5) is 11.4 Å². The molecular formula is C9H14BrN3O2S. The zero-order valence-electron chi connectivity index (χ0n) is 8.99. The van der Waals surface area contributed by atoms with Gasteiger partial charge in [0.1, 0.15) is 0 Å². The monoisotopic (exact) mass is 307 g/mol. The first-order chi connectivity index (χ1) is 7.30. The van der Waals surface area contributed by atoms with Crippen LogP contribution in [0.2, 0.25) is 0 Å². The van der Waals surface area contributed by atoms with E-state index in [0.717, 1.165) is 0 Å². The van der Waals surface area contributed by atoms with E-state index in [0.29, 0.717) is 15.8 Å². The van der Waals surface area contributed by atoms with E-state index in [9.17, 15) is 8.42 Å². The van der Waals surface area contributed by atoms with Crippen molar-refractivity contribution in [1.29, 1.82) is 0 Å². The van der Waals surface area contributed by atoms with Gasteiger partial charge in [-0.15, -0.1) is 0 Å². The number of anilines is 2. The van der Waals surface area contributed by atoms with Crippen molar-refractivity contribution in [2.24, 2.45) is 0 Å². The summed E-state index contributed by atoms with van der Waals surface area (Å²) in [5, 5.41) is 0. The summed E-state index contributed by atoms with van der Waals surface area (Å²) in [5.74, 6) is 0.